The molecule has 0 spiro atoms. The second kappa shape index (κ2) is 12.4. The lowest BCUT2D eigenvalue weighted by atomic mass is 9.72. The fraction of sp³-hybridized carbons (Fsp3) is 0.567. The number of nitrogens with zero attached hydrogens (tertiary/aromatic N) is 2. The number of benzene rings is 2. The van der Waals surface area contributed by atoms with Crippen molar-refractivity contribution < 1.29 is 19.0 Å². The van der Waals surface area contributed by atoms with E-state index >= 15 is 0 Å². The highest BCUT2D eigenvalue weighted by molar-refractivity contribution is 5.75. The van der Waals surface area contributed by atoms with Gasteiger partial charge in [0.25, 0.3) is 0 Å². The van der Waals surface area contributed by atoms with Gasteiger partial charge in [0.1, 0.15) is 5.82 Å². The minimum Gasteiger partial charge on any atom is -0.385 e. The second-order valence-corrected chi connectivity index (χ2v) is 10.9. The molecule has 202 valence electrons. The van der Waals surface area contributed by atoms with E-state index in [0.717, 1.165) is 44.2 Å². The molecule has 2 heterocycles. The third-order valence-electron chi connectivity index (χ3n) is 8.31. The van der Waals surface area contributed by atoms with E-state index in [-0.39, 0.29) is 23.8 Å². The molecule has 2 aromatic carbocycles. The van der Waals surface area contributed by atoms with Gasteiger partial charge in [-0.25, -0.2) is 9.18 Å². The highest BCUT2D eigenvalue weighted by Crippen LogP contribution is 2.44. The molecular weight excluding hydrogens is 469 g/mol. The summed E-state index contributed by atoms with van der Waals surface area (Å²) >= 11 is 0. The molecule has 0 aromatic heterocycles. The van der Waals surface area contributed by atoms with Crippen LogP contribution in [0.5, 0.6) is 0 Å². The van der Waals surface area contributed by atoms with Gasteiger partial charge in [0.2, 0.25) is 0 Å². The second-order valence-electron chi connectivity index (χ2n) is 10.9. The quantitative estimate of drug-likeness (QED) is 0.465. The molecule has 37 heavy (non-hydrogen) atoms. The van der Waals surface area contributed by atoms with E-state index in [9.17, 15) is 14.3 Å². The Balaban J connectivity index is 1.60. The molecule has 4 atom stereocenters. The molecule has 0 bridgehead atoms. The fourth-order valence-corrected chi connectivity index (χ4v) is 6.09. The number of halogens is 1. The average molecular weight is 512 g/mol. The number of carbonyl (C=O) groups is 1. The lowest BCUT2D eigenvalue weighted by molar-refractivity contribution is -0.0559. The maximum atomic E-state index is 14.9. The first-order chi connectivity index (χ1) is 17.8. The molecule has 7 heteroatoms. The van der Waals surface area contributed by atoms with Crippen LogP contribution in [0.2, 0.25) is 0 Å². The van der Waals surface area contributed by atoms with Crippen LogP contribution in [0.25, 0.3) is 11.1 Å². The van der Waals surface area contributed by atoms with E-state index in [1.807, 2.05) is 35.2 Å². The normalized spacial score (nSPS) is 24.1. The van der Waals surface area contributed by atoms with Gasteiger partial charge in [-0.3, -0.25) is 0 Å². The van der Waals surface area contributed by atoms with Crippen molar-refractivity contribution in [1.82, 2.24) is 15.1 Å². The van der Waals surface area contributed by atoms with Crippen LogP contribution in [0.1, 0.15) is 51.0 Å². The number of carbonyl (C=O) groups excluding carboxylic acids is 1. The number of hydrogen-bond acceptors (Lipinski definition) is 4. The van der Waals surface area contributed by atoms with Crippen LogP contribution < -0.4 is 5.32 Å². The van der Waals surface area contributed by atoms with Crippen LogP contribution >= 0.6 is 0 Å². The molecule has 2 fully saturated rings. The van der Waals surface area contributed by atoms with Gasteiger partial charge in [-0.2, -0.15) is 0 Å². The van der Waals surface area contributed by atoms with Gasteiger partial charge in [0.15, 0.2) is 0 Å². The van der Waals surface area contributed by atoms with E-state index in [2.05, 4.69) is 24.2 Å². The van der Waals surface area contributed by atoms with Crippen molar-refractivity contribution in [2.24, 2.45) is 5.92 Å². The number of piperidine rings is 1. The summed E-state index contributed by atoms with van der Waals surface area (Å²) in [6, 6.07) is 14.9. The Bertz CT molecular complexity index is 1040. The largest absolute Gasteiger partial charge is 0.385 e. The van der Waals surface area contributed by atoms with E-state index in [1.165, 1.54) is 6.07 Å². The first kappa shape index (κ1) is 27.6. The van der Waals surface area contributed by atoms with Crippen LogP contribution in [0.3, 0.4) is 0 Å². The highest BCUT2D eigenvalue weighted by atomic mass is 19.1. The van der Waals surface area contributed by atoms with Crippen LogP contribution in [0, 0.1) is 11.7 Å². The smallest absolute Gasteiger partial charge is 0.317 e. The molecule has 0 saturated carbocycles. The molecule has 1 unspecified atom stereocenters. The standard InChI is InChI=1S/C30H42FN3O3/c1-22-19-24(21-33(22)2)32-29(35)34-17-10-11-23(20-34)30(36,16-8-9-18-37-3)27-14-6-4-12-25(27)26-13-5-7-15-28(26)31/h4-7,12-15,22-24,36H,8-11,16-21H2,1-3H3,(H,32,35)/t22?,23-,24+,30+/m1/s1. The number of hydrogen-bond donors (Lipinski definition) is 2. The lowest BCUT2D eigenvalue weighted by Crippen LogP contribution is -2.52. The number of aliphatic hydroxyl groups is 1. The average Bonchev–Trinajstić information content (AvgIpc) is 3.23. The number of urea groups is 1. The van der Waals surface area contributed by atoms with E-state index < -0.39 is 5.60 Å². The topological polar surface area (TPSA) is 65.0 Å². The van der Waals surface area contributed by atoms with E-state index in [4.69, 9.17) is 4.74 Å². The zero-order valence-corrected chi connectivity index (χ0v) is 22.5. The Morgan fingerprint density at radius 3 is 2.57 bits per heavy atom. The van der Waals surface area contributed by atoms with E-state index in [1.54, 1.807) is 19.2 Å². The first-order valence-corrected chi connectivity index (χ1v) is 13.6. The molecule has 6 nitrogen and oxygen atoms in total. The monoisotopic (exact) mass is 511 g/mol. The van der Waals surface area contributed by atoms with Crippen LogP contribution in [0.4, 0.5) is 9.18 Å². The summed E-state index contributed by atoms with van der Waals surface area (Å²) in [5.74, 6) is -0.468. The molecule has 2 aliphatic heterocycles. The zero-order chi connectivity index (χ0) is 26.4. The molecule has 2 amide bonds. The summed E-state index contributed by atoms with van der Waals surface area (Å²) in [5, 5.41) is 15.7. The number of amides is 2. The minimum atomic E-state index is -1.20. The minimum absolute atomic E-state index is 0.0543. The summed E-state index contributed by atoms with van der Waals surface area (Å²) in [5.41, 5.74) is 0.724. The van der Waals surface area contributed by atoms with Gasteiger partial charge in [-0.05, 0) is 69.7 Å². The van der Waals surface area contributed by atoms with Gasteiger partial charge in [0, 0.05) is 56.9 Å². The van der Waals surface area contributed by atoms with Gasteiger partial charge in [-0.1, -0.05) is 42.5 Å². The molecule has 0 aliphatic carbocycles. The summed E-state index contributed by atoms with van der Waals surface area (Å²) in [6.45, 7) is 4.80. The number of rotatable bonds is 9. The summed E-state index contributed by atoms with van der Waals surface area (Å²) < 4.78 is 20.1. The Morgan fingerprint density at radius 1 is 1.14 bits per heavy atom. The predicted molar refractivity (Wildman–Crippen MR) is 145 cm³/mol. The van der Waals surface area contributed by atoms with Crippen molar-refractivity contribution in [1.29, 1.82) is 0 Å². The fourth-order valence-electron chi connectivity index (χ4n) is 6.09. The van der Waals surface area contributed by atoms with Crippen molar-refractivity contribution in [3.05, 3.63) is 59.9 Å². The number of likely N-dealkylation sites (N-methyl/N-ethyl adjacent to an activating group) is 1. The Morgan fingerprint density at radius 2 is 1.86 bits per heavy atom. The van der Waals surface area contributed by atoms with Crippen LogP contribution in [-0.4, -0.2) is 73.4 Å². The molecule has 0 radical (unpaired) electrons. The van der Waals surface area contributed by atoms with Crippen molar-refractivity contribution in [3.8, 4) is 11.1 Å². The maximum Gasteiger partial charge on any atom is 0.317 e. The zero-order valence-electron chi connectivity index (χ0n) is 22.5. The van der Waals surface area contributed by atoms with Gasteiger partial charge in [-0.15, -0.1) is 0 Å². The Labute approximate surface area is 220 Å². The van der Waals surface area contributed by atoms with E-state index in [0.29, 0.717) is 43.3 Å². The molecular formula is C30H42FN3O3. The summed E-state index contributed by atoms with van der Waals surface area (Å²) in [7, 11) is 3.77. The van der Waals surface area contributed by atoms with Gasteiger partial charge >= 0.3 is 6.03 Å². The Hall–Kier alpha value is -2.48. The van der Waals surface area contributed by atoms with Crippen molar-refractivity contribution in [2.45, 2.75) is 63.1 Å². The third-order valence-corrected chi connectivity index (χ3v) is 8.31. The molecule has 4 rings (SSSR count). The molecule has 2 aliphatic rings. The first-order valence-electron chi connectivity index (χ1n) is 13.6. The summed E-state index contributed by atoms with van der Waals surface area (Å²) in [6.07, 6.45) is 4.68. The number of likely N-dealkylation sites (tertiary alicyclic amines) is 2. The van der Waals surface area contributed by atoms with Gasteiger partial charge < -0.3 is 25.0 Å². The van der Waals surface area contributed by atoms with Gasteiger partial charge in [0.05, 0.1) is 5.60 Å². The summed E-state index contributed by atoms with van der Waals surface area (Å²) in [4.78, 5) is 17.4. The lowest BCUT2D eigenvalue weighted by Gasteiger charge is -2.43. The van der Waals surface area contributed by atoms with Crippen LogP contribution in [0.15, 0.2) is 48.5 Å². The maximum absolute atomic E-state index is 14.9. The molecule has 2 N–H and O–H groups in total. The Kier molecular flexibility index (Phi) is 9.22. The van der Waals surface area contributed by atoms with Crippen molar-refractivity contribution in [2.75, 3.05) is 40.4 Å². The van der Waals surface area contributed by atoms with Crippen LogP contribution in [-0.2, 0) is 10.3 Å². The third kappa shape index (κ3) is 6.33. The predicted octanol–water partition coefficient (Wildman–Crippen LogP) is 5.01. The SMILES string of the molecule is COCCCC[C@@](O)(c1ccccc1-c1ccccc1F)[C@@H]1CCCN(C(=O)N[C@H]2CC(C)N(C)C2)C1. The molecule has 2 saturated heterocycles. The number of nitrogens with one attached hydrogen (secondary N) is 1. The highest BCUT2D eigenvalue weighted by Gasteiger charge is 2.43. The number of unbranched alkanes of at least 4 members (excludes halogenated alkanes) is 1. The van der Waals surface area contributed by atoms with Crippen molar-refractivity contribution >= 4 is 6.03 Å². The number of methoxy groups -OCH3 is 1. The number of ether oxygens (including phenoxy) is 1. The molecule has 2 aromatic rings. The van der Waals surface area contributed by atoms with Crippen molar-refractivity contribution in [3.63, 3.8) is 0 Å².